The van der Waals surface area contributed by atoms with Gasteiger partial charge in [0, 0.05) is 24.5 Å². The van der Waals surface area contributed by atoms with Crippen molar-refractivity contribution >= 4 is 23.2 Å². The maximum absolute atomic E-state index is 13.0. The van der Waals surface area contributed by atoms with E-state index in [0.717, 1.165) is 12.1 Å². The molecule has 0 aliphatic carbocycles. The molecule has 22 heavy (non-hydrogen) atoms. The number of carbonyl (C=O) groups excluding carboxylic acids is 2. The Labute approximate surface area is 126 Å². The fourth-order valence-electron chi connectivity index (χ4n) is 1.83. The van der Waals surface area contributed by atoms with Crippen molar-refractivity contribution in [1.29, 1.82) is 0 Å². The summed E-state index contributed by atoms with van der Waals surface area (Å²) in [5.41, 5.74) is 0.757. The molecule has 0 atom stereocenters. The van der Waals surface area contributed by atoms with E-state index in [4.69, 9.17) is 0 Å². The van der Waals surface area contributed by atoms with E-state index in [-0.39, 0.29) is 5.69 Å². The first kappa shape index (κ1) is 15.6. The van der Waals surface area contributed by atoms with Crippen LogP contribution in [0, 0.1) is 11.6 Å². The van der Waals surface area contributed by atoms with E-state index in [0.29, 0.717) is 5.69 Å². The maximum Gasteiger partial charge on any atom is 0.236 e. The van der Waals surface area contributed by atoms with E-state index in [9.17, 15) is 18.4 Å². The average Bonchev–Trinajstić information content (AvgIpc) is 2.51. The van der Waals surface area contributed by atoms with E-state index in [1.54, 1.807) is 31.3 Å². The van der Waals surface area contributed by atoms with Crippen molar-refractivity contribution in [3.8, 4) is 0 Å². The Balaban J connectivity index is 1.96. The highest BCUT2D eigenvalue weighted by Crippen LogP contribution is 2.15. The van der Waals surface area contributed by atoms with Crippen LogP contribution in [0.2, 0.25) is 0 Å². The molecule has 0 saturated carbocycles. The van der Waals surface area contributed by atoms with Gasteiger partial charge in [0.1, 0.15) is 6.42 Å². The van der Waals surface area contributed by atoms with Crippen molar-refractivity contribution in [2.45, 2.75) is 6.42 Å². The molecule has 0 unspecified atom stereocenters. The lowest BCUT2D eigenvalue weighted by Gasteiger charge is -2.17. The molecule has 0 heterocycles. The van der Waals surface area contributed by atoms with Crippen LogP contribution in [0.1, 0.15) is 6.42 Å². The number of hydrogen-bond donors (Lipinski definition) is 1. The molecule has 0 spiro atoms. The largest absolute Gasteiger partial charge is 0.326 e. The lowest BCUT2D eigenvalue weighted by Crippen LogP contribution is -2.30. The Bertz CT molecular complexity index is 690. The molecule has 1 N–H and O–H groups in total. The van der Waals surface area contributed by atoms with Gasteiger partial charge in [0.2, 0.25) is 11.8 Å². The normalized spacial score (nSPS) is 10.1. The molecule has 0 aliphatic rings. The predicted molar refractivity (Wildman–Crippen MR) is 79.5 cm³/mol. The Morgan fingerprint density at radius 1 is 1.05 bits per heavy atom. The summed E-state index contributed by atoms with van der Waals surface area (Å²) in [6.45, 7) is 0. The van der Waals surface area contributed by atoms with Crippen LogP contribution in [0.25, 0.3) is 0 Å². The minimum absolute atomic E-state index is 0.0964. The Kier molecular flexibility index (Phi) is 4.83. The van der Waals surface area contributed by atoms with Gasteiger partial charge in [0.15, 0.2) is 11.6 Å². The topological polar surface area (TPSA) is 49.4 Å². The van der Waals surface area contributed by atoms with Crippen molar-refractivity contribution in [1.82, 2.24) is 0 Å². The molecule has 0 aromatic heterocycles. The molecule has 2 aromatic carbocycles. The van der Waals surface area contributed by atoms with E-state index in [1.165, 1.54) is 11.0 Å². The molecule has 2 rings (SSSR count). The molecule has 0 radical (unpaired) electrons. The van der Waals surface area contributed by atoms with E-state index in [2.05, 4.69) is 5.32 Å². The summed E-state index contributed by atoms with van der Waals surface area (Å²) < 4.78 is 25.8. The van der Waals surface area contributed by atoms with Crippen LogP contribution in [0.5, 0.6) is 0 Å². The van der Waals surface area contributed by atoms with E-state index < -0.39 is 29.9 Å². The number of amides is 2. The molecule has 2 aromatic rings. The van der Waals surface area contributed by atoms with Crippen LogP contribution >= 0.6 is 0 Å². The van der Waals surface area contributed by atoms with Gasteiger partial charge < -0.3 is 10.2 Å². The highest BCUT2D eigenvalue weighted by molar-refractivity contribution is 6.08. The van der Waals surface area contributed by atoms with Gasteiger partial charge in [-0.3, -0.25) is 9.59 Å². The van der Waals surface area contributed by atoms with Gasteiger partial charge in [-0.1, -0.05) is 18.2 Å². The molecule has 4 nitrogen and oxygen atoms in total. The minimum atomic E-state index is -1.06. The number of hydrogen-bond acceptors (Lipinski definition) is 2. The van der Waals surface area contributed by atoms with Gasteiger partial charge >= 0.3 is 0 Å². The summed E-state index contributed by atoms with van der Waals surface area (Å²) in [4.78, 5) is 25.1. The number of anilines is 2. The molecule has 114 valence electrons. The molecule has 2 amide bonds. The molecule has 6 heteroatoms. The van der Waals surface area contributed by atoms with Gasteiger partial charge in [-0.05, 0) is 24.3 Å². The number of nitrogens with one attached hydrogen (secondary N) is 1. The van der Waals surface area contributed by atoms with Crippen molar-refractivity contribution < 1.29 is 18.4 Å². The number of para-hydroxylation sites is 1. The zero-order valence-electron chi connectivity index (χ0n) is 11.8. The lowest BCUT2D eigenvalue weighted by atomic mass is 10.2. The molecular weight excluding hydrogens is 290 g/mol. The Morgan fingerprint density at radius 3 is 2.36 bits per heavy atom. The van der Waals surface area contributed by atoms with Crippen molar-refractivity contribution in [3.05, 3.63) is 60.2 Å². The van der Waals surface area contributed by atoms with Gasteiger partial charge in [-0.25, -0.2) is 8.78 Å². The quantitative estimate of drug-likeness (QED) is 0.883. The van der Waals surface area contributed by atoms with Crippen molar-refractivity contribution in [3.63, 3.8) is 0 Å². The second kappa shape index (κ2) is 6.80. The highest BCUT2D eigenvalue weighted by Gasteiger charge is 2.15. The van der Waals surface area contributed by atoms with E-state index in [1.807, 2.05) is 6.07 Å². The number of halogens is 2. The van der Waals surface area contributed by atoms with E-state index >= 15 is 0 Å². The molecule has 0 fully saturated rings. The smallest absolute Gasteiger partial charge is 0.236 e. The van der Waals surface area contributed by atoms with Gasteiger partial charge in [0.25, 0.3) is 0 Å². The van der Waals surface area contributed by atoms with Crippen LogP contribution in [0.15, 0.2) is 48.5 Å². The number of nitrogens with zero attached hydrogens (tertiary/aromatic N) is 1. The first-order chi connectivity index (χ1) is 10.5. The zero-order valence-corrected chi connectivity index (χ0v) is 11.8. The molecule has 0 aliphatic heterocycles. The van der Waals surface area contributed by atoms with Crippen molar-refractivity contribution in [2.24, 2.45) is 0 Å². The third-order valence-electron chi connectivity index (χ3n) is 3.03. The van der Waals surface area contributed by atoms with Gasteiger partial charge in [-0.15, -0.1) is 0 Å². The fourth-order valence-corrected chi connectivity index (χ4v) is 1.83. The fraction of sp³-hybridized carbons (Fsp3) is 0.125. The average molecular weight is 304 g/mol. The van der Waals surface area contributed by atoms with Crippen LogP contribution in [0.3, 0.4) is 0 Å². The SMILES string of the molecule is CN(C(=O)CC(=O)Nc1ccc(F)c(F)c1)c1ccccc1. The first-order valence-electron chi connectivity index (χ1n) is 6.54. The van der Waals surface area contributed by atoms with Crippen LogP contribution in [0.4, 0.5) is 20.2 Å². The van der Waals surface area contributed by atoms with Gasteiger partial charge in [-0.2, -0.15) is 0 Å². The summed E-state index contributed by atoms with van der Waals surface area (Å²) in [7, 11) is 1.56. The zero-order chi connectivity index (χ0) is 16.1. The Morgan fingerprint density at radius 2 is 1.73 bits per heavy atom. The molecule has 0 saturated heterocycles. The summed E-state index contributed by atoms with van der Waals surface area (Å²) in [5, 5.41) is 2.35. The highest BCUT2D eigenvalue weighted by atomic mass is 19.2. The molecule has 0 bridgehead atoms. The number of carbonyl (C=O) groups is 2. The second-order valence-electron chi connectivity index (χ2n) is 4.64. The standard InChI is InChI=1S/C16H14F2N2O2/c1-20(12-5-3-2-4-6-12)16(22)10-15(21)19-11-7-8-13(17)14(18)9-11/h2-9H,10H2,1H3,(H,19,21). The third-order valence-corrected chi connectivity index (χ3v) is 3.03. The first-order valence-corrected chi connectivity index (χ1v) is 6.54. The number of benzene rings is 2. The van der Waals surface area contributed by atoms with Gasteiger partial charge in [0.05, 0.1) is 0 Å². The Hall–Kier alpha value is -2.76. The summed E-state index contributed by atoms with van der Waals surface area (Å²) in [6, 6.07) is 11.8. The van der Waals surface area contributed by atoms with Crippen LogP contribution in [-0.2, 0) is 9.59 Å². The maximum atomic E-state index is 13.0. The lowest BCUT2D eigenvalue weighted by molar-refractivity contribution is -0.125. The number of rotatable bonds is 4. The van der Waals surface area contributed by atoms with Crippen LogP contribution in [-0.4, -0.2) is 18.9 Å². The molecular formula is C16H14F2N2O2. The minimum Gasteiger partial charge on any atom is -0.326 e. The second-order valence-corrected chi connectivity index (χ2v) is 4.64. The summed E-state index contributed by atoms with van der Waals surface area (Å²) >= 11 is 0. The third kappa shape index (κ3) is 3.88. The summed E-state index contributed by atoms with van der Waals surface area (Å²) in [5.74, 6) is -3.08. The monoisotopic (exact) mass is 304 g/mol. The summed E-state index contributed by atoms with van der Waals surface area (Å²) in [6.07, 6.45) is -0.398. The van der Waals surface area contributed by atoms with Crippen LogP contribution < -0.4 is 10.2 Å². The van der Waals surface area contributed by atoms with Crippen molar-refractivity contribution in [2.75, 3.05) is 17.3 Å². The predicted octanol–water partition coefficient (Wildman–Crippen LogP) is 2.96.